The Morgan fingerprint density at radius 3 is 2.32 bits per heavy atom. The van der Waals surface area contributed by atoms with E-state index in [1.54, 1.807) is 12.0 Å². The Kier molecular flexibility index (Phi) is 8.68. The van der Waals surface area contributed by atoms with Crippen molar-refractivity contribution in [2.75, 3.05) is 27.2 Å². The van der Waals surface area contributed by atoms with Crippen LogP contribution in [0.5, 0.6) is 0 Å². The van der Waals surface area contributed by atoms with Crippen LogP contribution in [0.25, 0.3) is 0 Å². The van der Waals surface area contributed by atoms with Crippen LogP contribution in [0.15, 0.2) is 24.3 Å². The molecule has 1 atom stereocenters. The minimum Gasteiger partial charge on any atom is -0.380 e. The molecular formula is C17H29ClN2O2. The van der Waals surface area contributed by atoms with Gasteiger partial charge in [0.1, 0.15) is 0 Å². The SMILES string of the molecule is COC(CN)CC(=O)N(C)CC(C)(C)c1ccc(C)cc1.Cl. The summed E-state index contributed by atoms with van der Waals surface area (Å²) in [6, 6.07) is 8.47. The maximum atomic E-state index is 12.2. The number of hydrogen-bond acceptors (Lipinski definition) is 3. The molecule has 22 heavy (non-hydrogen) atoms. The second-order valence-corrected chi connectivity index (χ2v) is 6.30. The van der Waals surface area contributed by atoms with Crippen molar-refractivity contribution in [2.24, 2.45) is 5.73 Å². The molecule has 0 aliphatic rings. The highest BCUT2D eigenvalue weighted by molar-refractivity contribution is 5.85. The lowest BCUT2D eigenvalue weighted by Gasteiger charge is -2.31. The van der Waals surface area contributed by atoms with Crippen LogP contribution in [0.3, 0.4) is 0 Å². The fourth-order valence-electron chi connectivity index (χ4n) is 2.39. The molecule has 0 saturated heterocycles. The Morgan fingerprint density at radius 2 is 1.86 bits per heavy atom. The second kappa shape index (κ2) is 9.13. The van der Waals surface area contributed by atoms with Gasteiger partial charge >= 0.3 is 0 Å². The lowest BCUT2D eigenvalue weighted by Crippen LogP contribution is -2.40. The molecule has 1 aromatic carbocycles. The van der Waals surface area contributed by atoms with Crippen molar-refractivity contribution in [1.82, 2.24) is 4.90 Å². The maximum absolute atomic E-state index is 12.2. The first-order valence-electron chi connectivity index (χ1n) is 7.34. The molecule has 126 valence electrons. The van der Waals surface area contributed by atoms with E-state index < -0.39 is 0 Å². The summed E-state index contributed by atoms with van der Waals surface area (Å²) in [6.07, 6.45) is 0.121. The van der Waals surface area contributed by atoms with Crippen LogP contribution in [-0.2, 0) is 14.9 Å². The van der Waals surface area contributed by atoms with Gasteiger partial charge in [-0.2, -0.15) is 0 Å². The number of benzene rings is 1. The summed E-state index contributed by atoms with van der Waals surface area (Å²) in [5, 5.41) is 0. The van der Waals surface area contributed by atoms with Crippen molar-refractivity contribution in [3.63, 3.8) is 0 Å². The molecule has 4 nitrogen and oxygen atoms in total. The van der Waals surface area contributed by atoms with Crippen LogP contribution in [-0.4, -0.2) is 44.2 Å². The molecule has 0 spiro atoms. The van der Waals surface area contributed by atoms with Crippen LogP contribution in [0.2, 0.25) is 0 Å². The van der Waals surface area contributed by atoms with Gasteiger partial charge in [-0.25, -0.2) is 0 Å². The van der Waals surface area contributed by atoms with Gasteiger partial charge in [-0.3, -0.25) is 4.79 Å². The number of nitrogens with zero attached hydrogens (tertiary/aromatic N) is 1. The summed E-state index contributed by atoms with van der Waals surface area (Å²) in [5.74, 6) is 0.0625. The van der Waals surface area contributed by atoms with E-state index in [9.17, 15) is 4.79 Å². The number of nitrogens with two attached hydrogens (primary N) is 1. The van der Waals surface area contributed by atoms with Crippen molar-refractivity contribution in [3.8, 4) is 0 Å². The molecule has 0 saturated carbocycles. The molecule has 1 aromatic rings. The Labute approximate surface area is 140 Å². The first-order valence-corrected chi connectivity index (χ1v) is 7.34. The van der Waals surface area contributed by atoms with E-state index in [0.29, 0.717) is 19.5 Å². The van der Waals surface area contributed by atoms with Gasteiger partial charge in [-0.15, -0.1) is 12.4 Å². The van der Waals surface area contributed by atoms with Crippen LogP contribution >= 0.6 is 12.4 Å². The number of aryl methyl sites for hydroxylation is 1. The van der Waals surface area contributed by atoms with E-state index in [-0.39, 0.29) is 29.8 Å². The van der Waals surface area contributed by atoms with Gasteiger partial charge in [-0.1, -0.05) is 43.7 Å². The molecule has 0 aromatic heterocycles. The van der Waals surface area contributed by atoms with Crippen LogP contribution < -0.4 is 5.73 Å². The molecule has 2 N–H and O–H groups in total. The van der Waals surface area contributed by atoms with Crippen molar-refractivity contribution < 1.29 is 9.53 Å². The van der Waals surface area contributed by atoms with Gasteiger partial charge in [0.15, 0.2) is 0 Å². The zero-order valence-electron chi connectivity index (χ0n) is 14.3. The topological polar surface area (TPSA) is 55.6 Å². The Bertz CT molecular complexity index is 456. The number of likely N-dealkylation sites (N-methyl/N-ethyl adjacent to an activating group) is 1. The number of halogens is 1. The predicted molar refractivity (Wildman–Crippen MR) is 93.6 cm³/mol. The minimum atomic E-state index is -0.206. The van der Waals surface area contributed by atoms with Gasteiger partial charge in [0, 0.05) is 32.7 Å². The van der Waals surface area contributed by atoms with Gasteiger partial charge in [0.25, 0.3) is 0 Å². The Hall–Kier alpha value is -1.10. The molecule has 1 rings (SSSR count). The summed E-state index contributed by atoms with van der Waals surface area (Å²) in [4.78, 5) is 14.0. The average Bonchev–Trinajstić information content (AvgIpc) is 2.44. The molecule has 1 amide bonds. The number of rotatable bonds is 7. The standard InChI is InChI=1S/C17H28N2O2.ClH/c1-13-6-8-14(9-7-13)17(2,3)12-19(4)16(20)10-15(11-18)21-5;/h6-9,15H,10-12,18H2,1-5H3;1H. The normalized spacial score (nSPS) is 12.5. The van der Waals surface area contributed by atoms with Crippen LogP contribution in [0.4, 0.5) is 0 Å². The van der Waals surface area contributed by atoms with Gasteiger partial charge < -0.3 is 15.4 Å². The van der Waals surface area contributed by atoms with Crippen LogP contribution in [0.1, 0.15) is 31.4 Å². The van der Waals surface area contributed by atoms with Crippen molar-refractivity contribution >= 4 is 18.3 Å². The first-order chi connectivity index (χ1) is 9.80. The third-order valence-electron chi connectivity index (χ3n) is 3.89. The summed E-state index contributed by atoms with van der Waals surface area (Å²) in [6.45, 7) is 7.40. The lowest BCUT2D eigenvalue weighted by atomic mass is 9.83. The number of hydrogen-bond donors (Lipinski definition) is 1. The number of methoxy groups -OCH3 is 1. The smallest absolute Gasteiger partial charge is 0.225 e. The zero-order chi connectivity index (χ0) is 16.0. The molecule has 0 heterocycles. The van der Waals surface area contributed by atoms with Crippen molar-refractivity contribution in [1.29, 1.82) is 0 Å². The fraction of sp³-hybridized carbons (Fsp3) is 0.588. The summed E-state index contributed by atoms with van der Waals surface area (Å²) < 4.78 is 5.18. The molecule has 0 bridgehead atoms. The molecule has 1 unspecified atom stereocenters. The molecular weight excluding hydrogens is 300 g/mol. The molecule has 0 aliphatic carbocycles. The summed E-state index contributed by atoms with van der Waals surface area (Å²) in [5.41, 5.74) is 7.95. The largest absolute Gasteiger partial charge is 0.380 e. The third-order valence-corrected chi connectivity index (χ3v) is 3.89. The quantitative estimate of drug-likeness (QED) is 0.836. The van der Waals surface area contributed by atoms with E-state index >= 15 is 0 Å². The summed E-state index contributed by atoms with van der Waals surface area (Å²) >= 11 is 0. The highest BCUT2D eigenvalue weighted by Crippen LogP contribution is 2.24. The third kappa shape index (κ3) is 5.95. The molecule has 5 heteroatoms. The highest BCUT2D eigenvalue weighted by Gasteiger charge is 2.25. The summed E-state index contributed by atoms with van der Waals surface area (Å²) in [7, 11) is 3.42. The van der Waals surface area contributed by atoms with E-state index in [1.165, 1.54) is 11.1 Å². The second-order valence-electron chi connectivity index (χ2n) is 6.30. The number of carbonyl (C=O) groups excluding carboxylic acids is 1. The highest BCUT2D eigenvalue weighted by atomic mass is 35.5. The van der Waals surface area contributed by atoms with Crippen molar-refractivity contribution in [3.05, 3.63) is 35.4 Å². The van der Waals surface area contributed by atoms with Gasteiger partial charge in [0.2, 0.25) is 5.91 Å². The zero-order valence-corrected chi connectivity index (χ0v) is 15.1. The average molecular weight is 329 g/mol. The maximum Gasteiger partial charge on any atom is 0.225 e. The molecule has 0 fully saturated rings. The van der Waals surface area contributed by atoms with Crippen molar-refractivity contribution in [2.45, 2.75) is 38.7 Å². The Morgan fingerprint density at radius 1 is 1.32 bits per heavy atom. The van der Waals surface area contributed by atoms with Gasteiger partial charge in [0.05, 0.1) is 12.5 Å². The minimum absolute atomic E-state index is 0. The Balaban J connectivity index is 0.00000441. The predicted octanol–water partition coefficient (Wildman–Crippen LogP) is 2.52. The molecule has 0 radical (unpaired) electrons. The van der Waals surface area contributed by atoms with E-state index in [0.717, 1.165) is 0 Å². The van der Waals surface area contributed by atoms with E-state index in [2.05, 4.69) is 45.0 Å². The van der Waals surface area contributed by atoms with Crippen LogP contribution in [0, 0.1) is 6.92 Å². The monoisotopic (exact) mass is 328 g/mol. The first kappa shape index (κ1) is 20.9. The van der Waals surface area contributed by atoms with Gasteiger partial charge in [-0.05, 0) is 12.5 Å². The van der Waals surface area contributed by atoms with E-state index in [1.807, 2.05) is 7.05 Å². The molecule has 0 aliphatic heterocycles. The number of ether oxygens (including phenoxy) is 1. The fourth-order valence-corrected chi connectivity index (χ4v) is 2.39. The number of carbonyl (C=O) groups is 1. The van der Waals surface area contributed by atoms with E-state index in [4.69, 9.17) is 10.5 Å². The lowest BCUT2D eigenvalue weighted by molar-refractivity contribution is -0.133. The number of amides is 1.